The van der Waals surface area contributed by atoms with E-state index in [1.807, 2.05) is 32.9 Å². The van der Waals surface area contributed by atoms with E-state index < -0.39 is 11.4 Å². The van der Waals surface area contributed by atoms with Gasteiger partial charge in [-0.05, 0) is 31.9 Å². The Balaban J connectivity index is 2.37. The molecule has 2 heterocycles. The molecule has 102 valence electrons. The monoisotopic (exact) mass is 261 g/mol. The van der Waals surface area contributed by atoms with E-state index in [9.17, 15) is 9.90 Å². The van der Waals surface area contributed by atoms with Gasteiger partial charge >= 0.3 is 5.97 Å². The Morgan fingerprint density at radius 1 is 1.42 bits per heavy atom. The lowest BCUT2D eigenvalue weighted by atomic mass is 9.76. The van der Waals surface area contributed by atoms with E-state index in [2.05, 4.69) is 15.0 Å². The molecule has 1 unspecified atom stereocenters. The number of pyridine rings is 1. The van der Waals surface area contributed by atoms with Crippen LogP contribution in [0.25, 0.3) is 11.2 Å². The molecule has 0 radical (unpaired) electrons. The Bertz CT molecular complexity index is 618. The first-order valence-electron chi connectivity index (χ1n) is 6.38. The van der Waals surface area contributed by atoms with Crippen LogP contribution in [-0.2, 0) is 11.2 Å². The summed E-state index contributed by atoms with van der Waals surface area (Å²) in [4.78, 5) is 23.3. The number of H-pyrrole nitrogens is 1. The molecule has 0 spiro atoms. The fourth-order valence-electron chi connectivity index (χ4n) is 2.00. The van der Waals surface area contributed by atoms with Crippen molar-refractivity contribution in [2.24, 2.45) is 11.3 Å². The van der Waals surface area contributed by atoms with Crippen LogP contribution in [0.4, 0.5) is 0 Å². The maximum absolute atomic E-state index is 11.5. The Hall–Kier alpha value is -1.91. The smallest absolute Gasteiger partial charge is 0.310 e. The van der Waals surface area contributed by atoms with Crippen LogP contribution in [0.3, 0.4) is 0 Å². The van der Waals surface area contributed by atoms with Crippen molar-refractivity contribution in [3.8, 4) is 0 Å². The molecule has 5 nitrogen and oxygen atoms in total. The highest BCUT2D eigenvalue weighted by molar-refractivity contribution is 5.75. The van der Waals surface area contributed by atoms with Gasteiger partial charge in [-0.15, -0.1) is 0 Å². The maximum Gasteiger partial charge on any atom is 0.310 e. The Morgan fingerprint density at radius 3 is 2.68 bits per heavy atom. The van der Waals surface area contributed by atoms with E-state index in [1.165, 1.54) is 0 Å². The van der Waals surface area contributed by atoms with Crippen LogP contribution in [0, 0.1) is 18.3 Å². The lowest BCUT2D eigenvalue weighted by molar-refractivity contribution is -0.150. The predicted molar refractivity (Wildman–Crippen MR) is 72.9 cm³/mol. The van der Waals surface area contributed by atoms with Crippen LogP contribution < -0.4 is 0 Å². The van der Waals surface area contributed by atoms with Gasteiger partial charge in [0.2, 0.25) is 0 Å². The van der Waals surface area contributed by atoms with Gasteiger partial charge in [-0.2, -0.15) is 0 Å². The third-order valence-electron chi connectivity index (χ3n) is 3.83. The number of aryl methyl sites for hydroxylation is 1. The molecule has 0 amide bonds. The Labute approximate surface area is 112 Å². The maximum atomic E-state index is 11.5. The van der Waals surface area contributed by atoms with E-state index >= 15 is 0 Å². The van der Waals surface area contributed by atoms with Crippen LogP contribution in [0.5, 0.6) is 0 Å². The number of imidazole rings is 1. The van der Waals surface area contributed by atoms with Crippen LogP contribution in [0.15, 0.2) is 12.1 Å². The van der Waals surface area contributed by atoms with Gasteiger partial charge in [0, 0.05) is 12.1 Å². The molecule has 2 aromatic heterocycles. The molecule has 0 aromatic carbocycles. The summed E-state index contributed by atoms with van der Waals surface area (Å²) >= 11 is 0. The fraction of sp³-hybridized carbons (Fsp3) is 0.500. The molecular weight excluding hydrogens is 242 g/mol. The van der Waals surface area contributed by atoms with E-state index in [-0.39, 0.29) is 5.92 Å². The number of carboxylic acid groups (broad SMARTS) is 1. The molecule has 5 heteroatoms. The molecular formula is C14H19N3O2. The van der Waals surface area contributed by atoms with Gasteiger partial charge in [0.25, 0.3) is 0 Å². The molecule has 0 aliphatic carbocycles. The summed E-state index contributed by atoms with van der Waals surface area (Å²) in [7, 11) is 0. The summed E-state index contributed by atoms with van der Waals surface area (Å²) in [6, 6.07) is 3.82. The van der Waals surface area contributed by atoms with Crippen LogP contribution in [0.1, 0.15) is 32.3 Å². The van der Waals surface area contributed by atoms with Gasteiger partial charge in [-0.25, -0.2) is 9.97 Å². The van der Waals surface area contributed by atoms with E-state index in [1.54, 1.807) is 6.92 Å². The zero-order valence-electron chi connectivity index (χ0n) is 11.7. The average molecular weight is 261 g/mol. The molecule has 19 heavy (non-hydrogen) atoms. The highest BCUT2D eigenvalue weighted by atomic mass is 16.4. The van der Waals surface area contributed by atoms with Gasteiger partial charge in [0.1, 0.15) is 5.82 Å². The molecule has 0 aliphatic rings. The summed E-state index contributed by atoms with van der Waals surface area (Å²) in [6.45, 7) is 7.49. The molecule has 0 bridgehead atoms. The van der Waals surface area contributed by atoms with Gasteiger partial charge in [0.15, 0.2) is 5.65 Å². The lowest BCUT2D eigenvalue weighted by Gasteiger charge is -2.27. The van der Waals surface area contributed by atoms with E-state index in [0.717, 1.165) is 11.2 Å². The third-order valence-corrected chi connectivity index (χ3v) is 3.83. The predicted octanol–water partition coefficient (Wildman–Crippen LogP) is 2.56. The first-order chi connectivity index (χ1) is 8.83. The lowest BCUT2D eigenvalue weighted by Crippen LogP contribution is -2.35. The molecule has 1 atom stereocenters. The Kier molecular flexibility index (Phi) is 3.30. The first-order valence-corrected chi connectivity index (χ1v) is 6.38. The van der Waals surface area contributed by atoms with Crippen LogP contribution in [-0.4, -0.2) is 26.0 Å². The number of aromatic amines is 1. The van der Waals surface area contributed by atoms with E-state index in [4.69, 9.17) is 0 Å². The Morgan fingerprint density at radius 2 is 2.11 bits per heavy atom. The minimum atomic E-state index is -0.830. The highest BCUT2D eigenvalue weighted by Crippen LogP contribution is 2.31. The van der Waals surface area contributed by atoms with Crippen molar-refractivity contribution in [2.45, 2.75) is 34.1 Å². The normalized spacial score (nSPS) is 14.8. The number of nitrogens with zero attached hydrogens (tertiary/aromatic N) is 2. The largest absolute Gasteiger partial charge is 0.481 e. The van der Waals surface area contributed by atoms with Gasteiger partial charge in [0.05, 0.1) is 10.9 Å². The van der Waals surface area contributed by atoms with Crippen LogP contribution >= 0.6 is 0 Å². The second kappa shape index (κ2) is 4.64. The fourth-order valence-corrected chi connectivity index (χ4v) is 2.00. The van der Waals surface area contributed by atoms with Gasteiger partial charge in [-0.1, -0.05) is 13.8 Å². The molecule has 0 saturated carbocycles. The van der Waals surface area contributed by atoms with Crippen molar-refractivity contribution in [3.05, 3.63) is 23.7 Å². The number of carbonyl (C=O) groups is 1. The summed E-state index contributed by atoms with van der Waals surface area (Å²) in [5, 5.41) is 9.43. The number of carboxylic acids is 1. The summed E-state index contributed by atoms with van der Waals surface area (Å²) in [6.07, 6.45) is 0.370. The molecule has 2 aromatic rings. The zero-order chi connectivity index (χ0) is 14.2. The number of aromatic nitrogens is 3. The molecule has 0 saturated heterocycles. The summed E-state index contributed by atoms with van der Waals surface area (Å²) < 4.78 is 0. The van der Waals surface area contributed by atoms with Crippen molar-refractivity contribution >= 4 is 17.1 Å². The molecule has 2 N–H and O–H groups in total. The molecule has 2 rings (SSSR count). The zero-order valence-corrected chi connectivity index (χ0v) is 11.7. The summed E-state index contributed by atoms with van der Waals surface area (Å²) in [5.74, 6) is -0.105. The topological polar surface area (TPSA) is 78.9 Å². The quantitative estimate of drug-likeness (QED) is 0.886. The number of hydrogen-bond donors (Lipinski definition) is 2. The van der Waals surface area contributed by atoms with E-state index in [0.29, 0.717) is 17.9 Å². The van der Waals surface area contributed by atoms with Crippen molar-refractivity contribution in [3.63, 3.8) is 0 Å². The van der Waals surface area contributed by atoms with Crippen LogP contribution in [0.2, 0.25) is 0 Å². The minimum absolute atomic E-state index is 0.0212. The minimum Gasteiger partial charge on any atom is -0.481 e. The standard InChI is InChI=1S/C14H19N3O2/c1-8(2)14(4,13(18)19)7-11-16-10-6-5-9(3)15-12(10)17-11/h5-6,8H,7H2,1-4H3,(H,18,19)(H,15,16,17). The second-order valence-electron chi connectivity index (χ2n) is 5.56. The molecule has 0 fully saturated rings. The van der Waals surface area contributed by atoms with Crippen molar-refractivity contribution < 1.29 is 9.90 Å². The van der Waals surface area contributed by atoms with Gasteiger partial charge < -0.3 is 10.1 Å². The third kappa shape index (κ3) is 2.45. The number of rotatable bonds is 4. The van der Waals surface area contributed by atoms with Gasteiger partial charge in [-0.3, -0.25) is 4.79 Å². The van der Waals surface area contributed by atoms with Crippen molar-refractivity contribution in [2.75, 3.05) is 0 Å². The number of hydrogen-bond acceptors (Lipinski definition) is 3. The van der Waals surface area contributed by atoms with Crippen molar-refractivity contribution in [1.29, 1.82) is 0 Å². The first kappa shape index (κ1) is 13.5. The van der Waals surface area contributed by atoms with Crippen molar-refractivity contribution in [1.82, 2.24) is 15.0 Å². The molecule has 0 aliphatic heterocycles. The highest BCUT2D eigenvalue weighted by Gasteiger charge is 2.37. The number of aliphatic carboxylic acids is 1. The second-order valence-corrected chi connectivity index (χ2v) is 5.56. The number of nitrogens with one attached hydrogen (secondary N) is 1. The SMILES string of the molecule is Cc1ccc2[nH]c(CC(C)(C(=O)O)C(C)C)nc2n1. The average Bonchev–Trinajstić information content (AvgIpc) is 2.69. The number of fused-ring (bicyclic) bond motifs is 1. The summed E-state index contributed by atoms with van der Waals surface area (Å²) in [5.41, 5.74) is 1.56.